The van der Waals surface area contributed by atoms with Crippen LogP contribution in [0.5, 0.6) is 5.75 Å². The van der Waals surface area contributed by atoms with Crippen LogP contribution in [-0.4, -0.2) is 5.11 Å². The van der Waals surface area contributed by atoms with Crippen LogP contribution in [0.15, 0.2) is 12.1 Å². The average Bonchev–Trinajstić information content (AvgIpc) is 2.10. The number of nitriles is 1. The van der Waals surface area contributed by atoms with Crippen LogP contribution in [0.4, 0.5) is 0 Å². The van der Waals surface area contributed by atoms with Crippen LogP contribution in [0.3, 0.4) is 0 Å². The van der Waals surface area contributed by atoms with Gasteiger partial charge in [0.05, 0.1) is 11.1 Å². The van der Waals surface area contributed by atoms with Gasteiger partial charge < -0.3 is 10.8 Å². The molecule has 0 aliphatic carbocycles. The third-order valence-electron chi connectivity index (χ3n) is 1.71. The highest BCUT2D eigenvalue weighted by molar-refractivity contribution is 6.32. The topological polar surface area (TPSA) is 70.0 Å². The number of rotatable bonds is 1. The van der Waals surface area contributed by atoms with Crippen LogP contribution in [0.25, 0.3) is 0 Å². The Balaban J connectivity index is 3.30. The second kappa shape index (κ2) is 3.65. The summed E-state index contributed by atoms with van der Waals surface area (Å²) in [6.45, 7) is 1.82. The summed E-state index contributed by atoms with van der Waals surface area (Å²) in [4.78, 5) is 0. The van der Waals surface area contributed by atoms with E-state index in [1.54, 1.807) is 12.1 Å². The van der Waals surface area contributed by atoms with Gasteiger partial charge in [0.2, 0.25) is 0 Å². The Morgan fingerprint density at radius 3 is 2.77 bits per heavy atom. The van der Waals surface area contributed by atoms with Gasteiger partial charge in [-0.25, -0.2) is 0 Å². The fraction of sp³-hybridized carbons (Fsp3) is 0.222. The Hall–Kier alpha value is -1.24. The predicted octanol–water partition coefficient (Wildman–Crippen LogP) is 1.88. The molecular weight excluding hydrogens is 188 g/mol. The molecule has 0 aliphatic heterocycles. The largest absolute Gasteiger partial charge is 0.506 e. The molecule has 1 aromatic carbocycles. The summed E-state index contributed by atoms with van der Waals surface area (Å²) in [6.07, 6.45) is 0. The van der Waals surface area contributed by atoms with E-state index in [0.29, 0.717) is 5.56 Å². The van der Waals surface area contributed by atoms with Gasteiger partial charge in [-0.15, -0.1) is 0 Å². The molecule has 0 spiro atoms. The maximum absolute atomic E-state index is 9.46. The first-order chi connectivity index (χ1) is 6.06. The Morgan fingerprint density at radius 1 is 1.62 bits per heavy atom. The lowest BCUT2D eigenvalue weighted by Gasteiger charge is -2.08. The van der Waals surface area contributed by atoms with E-state index >= 15 is 0 Å². The molecule has 68 valence electrons. The van der Waals surface area contributed by atoms with Gasteiger partial charge in [-0.3, -0.25) is 0 Å². The van der Waals surface area contributed by atoms with Crippen molar-refractivity contribution in [1.82, 2.24) is 0 Å². The van der Waals surface area contributed by atoms with E-state index in [0.717, 1.165) is 5.56 Å². The van der Waals surface area contributed by atoms with E-state index in [1.165, 1.54) is 0 Å². The molecule has 13 heavy (non-hydrogen) atoms. The zero-order valence-electron chi connectivity index (χ0n) is 7.08. The van der Waals surface area contributed by atoms with Crippen molar-refractivity contribution in [2.24, 2.45) is 5.73 Å². The molecule has 0 bridgehead atoms. The highest BCUT2D eigenvalue weighted by atomic mass is 35.5. The van der Waals surface area contributed by atoms with E-state index in [-0.39, 0.29) is 10.8 Å². The summed E-state index contributed by atoms with van der Waals surface area (Å²) in [5.74, 6) is -0.110. The molecule has 0 saturated carbocycles. The minimum atomic E-state index is -0.836. The molecule has 1 atom stereocenters. The smallest absolute Gasteiger partial charge is 0.140 e. The van der Waals surface area contributed by atoms with Crippen LogP contribution >= 0.6 is 11.6 Å². The van der Waals surface area contributed by atoms with E-state index in [2.05, 4.69) is 0 Å². The van der Waals surface area contributed by atoms with Crippen molar-refractivity contribution in [2.45, 2.75) is 13.0 Å². The van der Waals surface area contributed by atoms with Gasteiger partial charge >= 0.3 is 0 Å². The van der Waals surface area contributed by atoms with Gasteiger partial charge in [0.15, 0.2) is 0 Å². The van der Waals surface area contributed by atoms with Crippen molar-refractivity contribution in [2.75, 3.05) is 0 Å². The quantitative estimate of drug-likeness (QED) is 0.721. The number of phenolic OH excluding ortho intramolecular Hbond substituents is 1. The van der Waals surface area contributed by atoms with Crippen molar-refractivity contribution >= 4 is 11.6 Å². The maximum atomic E-state index is 9.46. The van der Waals surface area contributed by atoms with E-state index in [4.69, 9.17) is 22.6 Å². The van der Waals surface area contributed by atoms with Gasteiger partial charge in [0.1, 0.15) is 11.8 Å². The molecule has 1 rings (SSSR count). The summed E-state index contributed by atoms with van der Waals surface area (Å²) < 4.78 is 0. The molecule has 4 heteroatoms. The first kappa shape index (κ1) is 9.85. The number of nitrogens with zero attached hydrogens (tertiary/aromatic N) is 1. The van der Waals surface area contributed by atoms with Crippen LogP contribution in [0, 0.1) is 18.3 Å². The maximum Gasteiger partial charge on any atom is 0.140 e. The molecule has 0 radical (unpaired) electrons. The summed E-state index contributed by atoms with van der Waals surface area (Å²) >= 11 is 5.71. The molecule has 0 heterocycles. The molecule has 3 nitrogen and oxygen atoms in total. The van der Waals surface area contributed by atoms with Gasteiger partial charge in [-0.2, -0.15) is 5.26 Å². The average molecular weight is 197 g/mol. The van der Waals surface area contributed by atoms with Crippen molar-refractivity contribution in [3.05, 3.63) is 28.3 Å². The number of hydrogen-bond donors (Lipinski definition) is 2. The summed E-state index contributed by atoms with van der Waals surface area (Å²) in [5, 5.41) is 18.2. The van der Waals surface area contributed by atoms with Crippen LogP contribution < -0.4 is 5.73 Å². The second-order valence-electron chi connectivity index (χ2n) is 2.79. The molecule has 3 N–H and O–H groups in total. The highest BCUT2D eigenvalue weighted by Crippen LogP contribution is 2.31. The number of halogens is 1. The third-order valence-corrected chi connectivity index (χ3v) is 2.00. The first-order valence-electron chi connectivity index (χ1n) is 3.70. The minimum Gasteiger partial charge on any atom is -0.506 e. The molecule has 1 unspecified atom stereocenters. The van der Waals surface area contributed by atoms with Crippen molar-refractivity contribution in [3.63, 3.8) is 0 Å². The van der Waals surface area contributed by atoms with Gasteiger partial charge in [-0.05, 0) is 24.6 Å². The fourth-order valence-corrected chi connectivity index (χ4v) is 1.35. The number of aromatic hydroxyl groups is 1. The number of nitrogens with two attached hydrogens (primary N) is 1. The molecule has 1 aromatic rings. The molecule has 0 aromatic heterocycles. The normalized spacial score (nSPS) is 12.2. The van der Waals surface area contributed by atoms with E-state index < -0.39 is 6.04 Å². The van der Waals surface area contributed by atoms with Gasteiger partial charge in [-0.1, -0.05) is 11.6 Å². The van der Waals surface area contributed by atoms with Crippen molar-refractivity contribution in [1.29, 1.82) is 5.26 Å². The van der Waals surface area contributed by atoms with E-state index in [1.807, 2.05) is 13.0 Å². The molecular formula is C9H9ClN2O. The lowest BCUT2D eigenvalue weighted by Crippen LogP contribution is -2.07. The van der Waals surface area contributed by atoms with Gasteiger partial charge in [0, 0.05) is 5.56 Å². The Kier molecular flexibility index (Phi) is 2.76. The summed E-state index contributed by atoms with van der Waals surface area (Å²) in [5.41, 5.74) is 6.69. The number of aryl methyl sites for hydroxylation is 1. The minimum absolute atomic E-state index is 0.110. The highest BCUT2D eigenvalue weighted by Gasteiger charge is 2.13. The third kappa shape index (κ3) is 1.92. The van der Waals surface area contributed by atoms with Crippen LogP contribution in [0.1, 0.15) is 17.2 Å². The zero-order chi connectivity index (χ0) is 10.0. The lowest BCUT2D eigenvalue weighted by molar-refractivity contribution is 0.466. The van der Waals surface area contributed by atoms with Crippen LogP contribution in [0.2, 0.25) is 5.02 Å². The number of hydrogen-bond acceptors (Lipinski definition) is 3. The Morgan fingerprint density at radius 2 is 2.23 bits per heavy atom. The Bertz CT molecular complexity index is 371. The number of phenols is 1. The molecule has 0 amide bonds. The number of benzene rings is 1. The molecule has 0 fully saturated rings. The lowest BCUT2D eigenvalue weighted by atomic mass is 10.0. The van der Waals surface area contributed by atoms with Crippen molar-refractivity contribution in [3.8, 4) is 11.8 Å². The summed E-state index contributed by atoms with van der Waals surface area (Å²) in [6, 6.07) is 4.26. The SMILES string of the molecule is Cc1cc(Cl)c(O)c(C(N)C#N)c1. The van der Waals surface area contributed by atoms with Crippen molar-refractivity contribution < 1.29 is 5.11 Å². The van der Waals surface area contributed by atoms with E-state index in [9.17, 15) is 5.11 Å². The predicted molar refractivity (Wildman–Crippen MR) is 50.4 cm³/mol. The second-order valence-corrected chi connectivity index (χ2v) is 3.20. The standard InChI is InChI=1S/C9H9ClN2O/c1-5-2-6(8(12)4-11)9(13)7(10)3-5/h2-3,8,13H,12H2,1H3. The Labute approximate surface area is 81.4 Å². The zero-order valence-corrected chi connectivity index (χ0v) is 7.84. The van der Waals surface area contributed by atoms with Gasteiger partial charge in [0.25, 0.3) is 0 Å². The summed E-state index contributed by atoms with van der Waals surface area (Å²) in [7, 11) is 0. The first-order valence-corrected chi connectivity index (χ1v) is 4.08. The molecule has 0 aliphatic rings. The monoisotopic (exact) mass is 196 g/mol. The fourth-order valence-electron chi connectivity index (χ4n) is 1.07. The molecule has 0 saturated heterocycles. The van der Waals surface area contributed by atoms with Crippen LogP contribution in [-0.2, 0) is 0 Å².